The predicted molar refractivity (Wildman–Crippen MR) is 334 cm³/mol. The van der Waals surface area contributed by atoms with E-state index in [9.17, 15) is 14.4 Å². The Bertz CT molecular complexity index is 1600. The largest absolute Gasteiger partial charge is 0.462 e. The summed E-state index contributed by atoms with van der Waals surface area (Å²) in [6.45, 7) is 6.44. The van der Waals surface area contributed by atoms with Gasteiger partial charge in [-0.3, -0.25) is 14.4 Å². The molecule has 0 amide bonds. The molecule has 0 heterocycles. The van der Waals surface area contributed by atoms with Gasteiger partial charge in [0.15, 0.2) is 6.10 Å². The zero-order chi connectivity index (χ0) is 55.7. The van der Waals surface area contributed by atoms with E-state index in [-0.39, 0.29) is 31.6 Å². The van der Waals surface area contributed by atoms with Crippen LogP contribution in [0.4, 0.5) is 0 Å². The zero-order valence-electron chi connectivity index (χ0n) is 50.2. The average molecular weight is 1070 g/mol. The third kappa shape index (κ3) is 62.5. The van der Waals surface area contributed by atoms with Crippen molar-refractivity contribution in [1.29, 1.82) is 0 Å². The molecule has 6 nitrogen and oxygen atoms in total. The molecule has 77 heavy (non-hydrogen) atoms. The molecular weight excluding hydrogens is 949 g/mol. The van der Waals surface area contributed by atoms with Crippen molar-refractivity contribution < 1.29 is 28.6 Å². The highest BCUT2D eigenvalue weighted by atomic mass is 16.6. The van der Waals surface area contributed by atoms with Crippen LogP contribution in [0.25, 0.3) is 0 Å². The van der Waals surface area contributed by atoms with Crippen molar-refractivity contribution in [2.45, 2.75) is 297 Å². The Labute approximate surface area is 475 Å². The number of allylic oxidation sites excluding steroid dienone is 20. The van der Waals surface area contributed by atoms with E-state index in [1.807, 2.05) is 6.08 Å². The highest BCUT2D eigenvalue weighted by Gasteiger charge is 2.19. The molecule has 0 saturated heterocycles. The van der Waals surface area contributed by atoms with Crippen LogP contribution in [-0.2, 0) is 28.6 Å². The molecule has 1 atom stereocenters. The van der Waals surface area contributed by atoms with E-state index < -0.39 is 12.1 Å². The topological polar surface area (TPSA) is 78.9 Å². The molecule has 0 fully saturated rings. The Morgan fingerprint density at radius 2 is 0.532 bits per heavy atom. The molecule has 0 aliphatic rings. The van der Waals surface area contributed by atoms with Gasteiger partial charge in [-0.1, -0.05) is 271 Å². The first kappa shape index (κ1) is 72.8. The number of hydrogen-bond acceptors (Lipinski definition) is 6. The number of ether oxygens (including phenoxy) is 3. The molecule has 0 rings (SSSR count). The van der Waals surface area contributed by atoms with Crippen LogP contribution in [-0.4, -0.2) is 37.2 Å². The lowest BCUT2D eigenvalue weighted by Gasteiger charge is -2.18. The Hall–Kier alpha value is -4.19. The minimum atomic E-state index is -0.826. The summed E-state index contributed by atoms with van der Waals surface area (Å²) in [5, 5.41) is 0. The molecule has 0 radical (unpaired) electrons. The molecule has 1 unspecified atom stereocenters. The lowest BCUT2D eigenvalue weighted by Crippen LogP contribution is -2.30. The fraction of sp³-hybridized carbons (Fsp3) is 0.676. The molecule has 438 valence electrons. The number of carbonyl (C=O) groups excluding carboxylic acids is 3. The van der Waals surface area contributed by atoms with Crippen LogP contribution in [0, 0.1) is 0 Å². The first-order chi connectivity index (χ1) is 38.0. The van der Waals surface area contributed by atoms with Crippen LogP contribution in [0.2, 0.25) is 0 Å². The Morgan fingerprint density at radius 3 is 0.870 bits per heavy atom. The highest BCUT2D eigenvalue weighted by Crippen LogP contribution is 2.15. The van der Waals surface area contributed by atoms with E-state index in [0.29, 0.717) is 19.3 Å². The lowest BCUT2D eigenvalue weighted by molar-refractivity contribution is -0.166. The summed E-state index contributed by atoms with van der Waals surface area (Å²) < 4.78 is 16.8. The second-order valence-electron chi connectivity index (χ2n) is 20.9. The van der Waals surface area contributed by atoms with E-state index in [1.165, 1.54) is 141 Å². The summed E-state index contributed by atoms with van der Waals surface area (Å²) in [5.41, 5.74) is 0. The minimum Gasteiger partial charge on any atom is -0.462 e. The maximum absolute atomic E-state index is 12.9. The van der Waals surface area contributed by atoms with Crippen LogP contribution in [0.1, 0.15) is 290 Å². The molecule has 6 heteroatoms. The average Bonchev–Trinajstić information content (AvgIpc) is 3.43. The van der Waals surface area contributed by atoms with Gasteiger partial charge in [0.05, 0.1) is 0 Å². The van der Waals surface area contributed by atoms with Crippen molar-refractivity contribution in [1.82, 2.24) is 0 Å². The zero-order valence-corrected chi connectivity index (χ0v) is 50.2. The Kier molecular flexibility index (Phi) is 60.8. The minimum absolute atomic E-state index is 0.113. The van der Waals surface area contributed by atoms with Gasteiger partial charge in [0.25, 0.3) is 0 Å². The monoisotopic (exact) mass is 1070 g/mol. The van der Waals surface area contributed by atoms with Crippen LogP contribution in [0.15, 0.2) is 122 Å². The van der Waals surface area contributed by atoms with Gasteiger partial charge < -0.3 is 14.2 Å². The van der Waals surface area contributed by atoms with Gasteiger partial charge in [-0.2, -0.15) is 0 Å². The van der Waals surface area contributed by atoms with Crippen molar-refractivity contribution in [2.24, 2.45) is 0 Å². The number of carbonyl (C=O) groups is 3. The predicted octanol–water partition coefficient (Wildman–Crippen LogP) is 22.0. The molecule has 0 aliphatic carbocycles. The maximum Gasteiger partial charge on any atom is 0.306 e. The molecule has 0 aromatic carbocycles. The summed E-state index contributed by atoms with van der Waals surface area (Å²) >= 11 is 0. The summed E-state index contributed by atoms with van der Waals surface area (Å²) in [4.78, 5) is 38.2. The molecule has 0 bridgehead atoms. The normalized spacial score (nSPS) is 12.9. The van der Waals surface area contributed by atoms with Crippen LogP contribution < -0.4 is 0 Å². The summed E-state index contributed by atoms with van der Waals surface area (Å²) in [5.74, 6) is -1.01. The van der Waals surface area contributed by atoms with Gasteiger partial charge in [-0.25, -0.2) is 0 Å². The number of rotatable bonds is 57. The van der Waals surface area contributed by atoms with Gasteiger partial charge >= 0.3 is 17.9 Å². The summed E-state index contributed by atoms with van der Waals surface area (Å²) in [7, 11) is 0. The van der Waals surface area contributed by atoms with Crippen LogP contribution >= 0.6 is 0 Å². The standard InChI is InChI=1S/C71H118O6/c1-4-7-10-13-16-19-22-25-27-29-31-32-33-34-35-36-37-38-40-41-43-46-49-52-55-58-61-64-70(73)76-67-68(66-75-69(72)63-60-57-54-51-48-45-24-21-18-15-12-9-6-3)77-71(74)65-62-59-56-53-50-47-44-42-39-30-28-26-23-20-17-14-11-8-5-2/h8,11,17,20-22,24-26,28-29,31,33-34,39,42,47,50,56,59,68H,4-7,9-10,12-16,18-19,23,27,30,32,35-38,40-41,43-46,48-49,51-55,57-58,60-67H2,1-3H3/b11-8-,20-17-,24-21-,25-22-,28-26-,31-29-,34-33-,42-39-,50-47-,59-56-. The van der Waals surface area contributed by atoms with Crippen LogP contribution in [0.3, 0.4) is 0 Å². The maximum atomic E-state index is 12.9. The molecule has 0 spiro atoms. The fourth-order valence-corrected chi connectivity index (χ4v) is 8.65. The Balaban J connectivity index is 4.39. The second kappa shape index (κ2) is 64.3. The smallest absolute Gasteiger partial charge is 0.306 e. The molecule has 0 aromatic rings. The van der Waals surface area contributed by atoms with Gasteiger partial charge in [0, 0.05) is 19.3 Å². The number of esters is 3. The van der Waals surface area contributed by atoms with Gasteiger partial charge in [0.2, 0.25) is 0 Å². The lowest BCUT2D eigenvalue weighted by atomic mass is 10.0. The Morgan fingerprint density at radius 1 is 0.273 bits per heavy atom. The third-order valence-corrected chi connectivity index (χ3v) is 13.4. The van der Waals surface area contributed by atoms with E-state index in [1.54, 1.807) is 0 Å². The first-order valence-corrected chi connectivity index (χ1v) is 32.0. The summed E-state index contributed by atoms with van der Waals surface area (Å²) in [6.07, 6.45) is 89.3. The van der Waals surface area contributed by atoms with Crippen molar-refractivity contribution in [2.75, 3.05) is 13.2 Å². The molecule has 0 saturated carbocycles. The molecule has 0 aliphatic heterocycles. The van der Waals surface area contributed by atoms with E-state index in [4.69, 9.17) is 14.2 Å². The SMILES string of the molecule is CC/C=C\C/C=C\C/C=C\C/C=C\C/C=C\C/C=C\CCC(=O)OC(COC(=O)CCCCCCC/C=C\CCCCCC)COC(=O)CCCCCCCCCCCCCC/C=C\C/C=C\C/C=C\CCCCCCC. The third-order valence-electron chi connectivity index (χ3n) is 13.4. The molecular formula is C71H118O6. The van der Waals surface area contributed by atoms with E-state index >= 15 is 0 Å². The number of hydrogen-bond donors (Lipinski definition) is 0. The number of unbranched alkanes of at least 4 members (excludes halogenated alkanes) is 26. The van der Waals surface area contributed by atoms with E-state index in [2.05, 4.69) is 136 Å². The van der Waals surface area contributed by atoms with Crippen molar-refractivity contribution in [3.8, 4) is 0 Å². The van der Waals surface area contributed by atoms with Crippen molar-refractivity contribution in [3.05, 3.63) is 122 Å². The van der Waals surface area contributed by atoms with Crippen molar-refractivity contribution in [3.63, 3.8) is 0 Å². The van der Waals surface area contributed by atoms with Gasteiger partial charge in [0.1, 0.15) is 13.2 Å². The molecule has 0 N–H and O–H groups in total. The van der Waals surface area contributed by atoms with E-state index in [0.717, 1.165) is 103 Å². The summed E-state index contributed by atoms with van der Waals surface area (Å²) in [6, 6.07) is 0. The van der Waals surface area contributed by atoms with Gasteiger partial charge in [-0.15, -0.1) is 0 Å². The van der Waals surface area contributed by atoms with Gasteiger partial charge in [-0.05, 0) is 122 Å². The first-order valence-electron chi connectivity index (χ1n) is 32.0. The van der Waals surface area contributed by atoms with Crippen molar-refractivity contribution >= 4 is 17.9 Å². The fourth-order valence-electron chi connectivity index (χ4n) is 8.65. The van der Waals surface area contributed by atoms with Crippen LogP contribution in [0.5, 0.6) is 0 Å². The quantitative estimate of drug-likeness (QED) is 0.0261. The highest BCUT2D eigenvalue weighted by molar-refractivity contribution is 5.71. The molecule has 0 aromatic heterocycles. The second-order valence-corrected chi connectivity index (χ2v) is 20.9.